The molecule has 1 aliphatic rings. The number of carbonyl (C=O) groups is 2. The van der Waals surface area contributed by atoms with Gasteiger partial charge in [-0.05, 0) is 41.5 Å². The van der Waals surface area contributed by atoms with Gasteiger partial charge < -0.3 is 19.5 Å². The minimum atomic E-state index is -0.323. The van der Waals surface area contributed by atoms with Crippen LogP contribution in [0.4, 0.5) is 5.69 Å². The highest BCUT2D eigenvalue weighted by molar-refractivity contribution is 8.26. The highest BCUT2D eigenvalue weighted by Gasteiger charge is 2.32. The monoisotopic (exact) mass is 520 g/mol. The second kappa shape index (κ2) is 11.7. The van der Waals surface area contributed by atoms with Gasteiger partial charge in [0.25, 0.3) is 11.8 Å². The first kappa shape index (κ1) is 25.3. The molecule has 1 saturated heterocycles. The molecule has 1 aliphatic heterocycles. The Bertz CT molecular complexity index is 1310. The van der Waals surface area contributed by atoms with Gasteiger partial charge >= 0.3 is 0 Å². The topological polar surface area (TPSA) is 77.1 Å². The first-order chi connectivity index (χ1) is 17.5. The average molecular weight is 521 g/mol. The number of nitrogens with zero attached hydrogens (tertiary/aromatic N) is 1. The lowest BCUT2D eigenvalue weighted by molar-refractivity contribution is -0.122. The standard InChI is InChI=1S/C27H24N2O5S2/c1-32-21-10-6-9-20(15-21)28-25(30)17-34-22-12-11-19(13-23(22)33-2)14-24-26(31)29(27(35)36-24)16-18-7-4-3-5-8-18/h3-15H,16-17H2,1-2H3,(H,28,30)/b24-14-. The maximum Gasteiger partial charge on any atom is 0.266 e. The predicted octanol–water partition coefficient (Wildman–Crippen LogP) is 5.12. The summed E-state index contributed by atoms with van der Waals surface area (Å²) in [6.07, 6.45) is 1.77. The number of thiocarbonyl (C=S) groups is 1. The van der Waals surface area contributed by atoms with Gasteiger partial charge in [0.15, 0.2) is 18.1 Å². The van der Waals surface area contributed by atoms with Gasteiger partial charge in [0.1, 0.15) is 10.1 Å². The molecular formula is C27H24N2O5S2. The summed E-state index contributed by atoms with van der Waals surface area (Å²) in [7, 11) is 3.08. The van der Waals surface area contributed by atoms with Crippen LogP contribution in [0.15, 0.2) is 77.7 Å². The van der Waals surface area contributed by atoms with Crippen molar-refractivity contribution in [1.29, 1.82) is 0 Å². The molecule has 0 radical (unpaired) electrons. The number of thioether (sulfide) groups is 1. The summed E-state index contributed by atoms with van der Waals surface area (Å²) in [5.41, 5.74) is 2.36. The van der Waals surface area contributed by atoms with Gasteiger partial charge in [0.05, 0.1) is 25.7 Å². The quantitative estimate of drug-likeness (QED) is 0.310. The number of ether oxygens (including phenoxy) is 3. The lowest BCUT2D eigenvalue weighted by Crippen LogP contribution is -2.27. The van der Waals surface area contributed by atoms with E-state index in [-0.39, 0.29) is 18.4 Å². The van der Waals surface area contributed by atoms with Crippen molar-refractivity contribution in [1.82, 2.24) is 4.90 Å². The van der Waals surface area contributed by atoms with Crippen molar-refractivity contribution in [2.75, 3.05) is 26.1 Å². The molecule has 1 N–H and O–H groups in total. The number of hydrogen-bond acceptors (Lipinski definition) is 7. The van der Waals surface area contributed by atoms with E-state index in [2.05, 4.69) is 5.32 Å². The maximum absolute atomic E-state index is 13.0. The SMILES string of the molecule is COc1cccc(NC(=O)COc2ccc(/C=C3\SC(=S)N(Cc4ccccc4)C3=O)cc2OC)c1. The van der Waals surface area contributed by atoms with Crippen molar-refractivity contribution in [3.8, 4) is 17.2 Å². The van der Waals surface area contributed by atoms with Crippen LogP contribution in [-0.2, 0) is 16.1 Å². The Hall–Kier alpha value is -3.82. The molecule has 184 valence electrons. The third-order valence-corrected chi connectivity index (χ3v) is 6.63. The number of amides is 2. The molecule has 2 amide bonds. The zero-order valence-corrected chi connectivity index (χ0v) is 21.4. The molecule has 3 aromatic carbocycles. The second-order valence-corrected chi connectivity index (χ2v) is 9.41. The van der Waals surface area contributed by atoms with Gasteiger partial charge in [-0.2, -0.15) is 0 Å². The summed E-state index contributed by atoms with van der Waals surface area (Å²) in [6, 6.07) is 22.0. The van der Waals surface area contributed by atoms with Gasteiger partial charge in [0, 0.05) is 11.8 Å². The summed E-state index contributed by atoms with van der Waals surface area (Å²) in [5, 5.41) is 2.76. The van der Waals surface area contributed by atoms with Crippen LogP contribution in [0.5, 0.6) is 17.2 Å². The fraction of sp³-hybridized carbons (Fsp3) is 0.148. The van der Waals surface area contributed by atoms with Crippen LogP contribution in [0, 0.1) is 0 Å². The van der Waals surface area contributed by atoms with Gasteiger partial charge in [-0.1, -0.05) is 66.4 Å². The molecule has 1 heterocycles. The molecule has 0 saturated carbocycles. The third kappa shape index (κ3) is 6.24. The summed E-state index contributed by atoms with van der Waals surface area (Å²) < 4.78 is 16.8. The van der Waals surface area contributed by atoms with Crippen LogP contribution in [0.2, 0.25) is 0 Å². The minimum absolute atomic E-state index is 0.137. The third-order valence-electron chi connectivity index (χ3n) is 5.25. The molecular weight excluding hydrogens is 496 g/mol. The van der Waals surface area contributed by atoms with Crippen LogP contribution in [0.3, 0.4) is 0 Å². The largest absolute Gasteiger partial charge is 0.497 e. The number of rotatable bonds is 9. The fourth-order valence-electron chi connectivity index (χ4n) is 3.49. The molecule has 3 aromatic rings. The smallest absolute Gasteiger partial charge is 0.266 e. The van der Waals surface area contributed by atoms with Crippen molar-refractivity contribution >= 4 is 51.9 Å². The van der Waals surface area contributed by atoms with Crippen LogP contribution < -0.4 is 19.5 Å². The lowest BCUT2D eigenvalue weighted by Gasteiger charge is -2.14. The molecule has 0 atom stereocenters. The Morgan fingerprint density at radius 2 is 1.81 bits per heavy atom. The summed E-state index contributed by atoms with van der Waals surface area (Å²) in [5.74, 6) is 1.03. The average Bonchev–Trinajstić information content (AvgIpc) is 3.15. The molecule has 7 nitrogen and oxygen atoms in total. The molecule has 36 heavy (non-hydrogen) atoms. The zero-order valence-electron chi connectivity index (χ0n) is 19.7. The molecule has 0 aliphatic carbocycles. The predicted molar refractivity (Wildman–Crippen MR) is 145 cm³/mol. The first-order valence-corrected chi connectivity index (χ1v) is 12.2. The number of anilines is 1. The minimum Gasteiger partial charge on any atom is -0.497 e. The first-order valence-electron chi connectivity index (χ1n) is 11.0. The van der Waals surface area contributed by atoms with E-state index in [4.69, 9.17) is 26.4 Å². The van der Waals surface area contributed by atoms with Crippen molar-refractivity contribution in [3.63, 3.8) is 0 Å². The second-order valence-electron chi connectivity index (χ2n) is 7.73. The van der Waals surface area contributed by atoms with Crippen molar-refractivity contribution < 1.29 is 23.8 Å². The summed E-state index contributed by atoms with van der Waals surface area (Å²) in [6.45, 7) is 0.224. The van der Waals surface area contributed by atoms with Crippen LogP contribution in [0.1, 0.15) is 11.1 Å². The summed E-state index contributed by atoms with van der Waals surface area (Å²) >= 11 is 6.70. The van der Waals surface area contributed by atoms with E-state index in [1.165, 1.54) is 18.9 Å². The van der Waals surface area contributed by atoms with Gasteiger partial charge in [0.2, 0.25) is 0 Å². The Morgan fingerprint density at radius 3 is 2.56 bits per heavy atom. The Morgan fingerprint density at radius 1 is 1.00 bits per heavy atom. The summed E-state index contributed by atoms with van der Waals surface area (Å²) in [4.78, 5) is 27.4. The lowest BCUT2D eigenvalue weighted by atomic mass is 10.1. The van der Waals surface area contributed by atoms with E-state index in [0.717, 1.165) is 11.1 Å². The van der Waals surface area contributed by atoms with E-state index >= 15 is 0 Å². The number of carbonyl (C=O) groups excluding carboxylic acids is 2. The Balaban J connectivity index is 1.41. The van der Waals surface area contributed by atoms with Crippen LogP contribution >= 0.6 is 24.0 Å². The van der Waals surface area contributed by atoms with Crippen LogP contribution in [-0.4, -0.2) is 41.9 Å². The highest BCUT2D eigenvalue weighted by atomic mass is 32.2. The molecule has 4 rings (SSSR count). The van der Waals surface area contributed by atoms with Crippen molar-refractivity contribution in [3.05, 3.63) is 88.8 Å². The molecule has 0 spiro atoms. The highest BCUT2D eigenvalue weighted by Crippen LogP contribution is 2.35. The van der Waals surface area contributed by atoms with Gasteiger partial charge in [-0.15, -0.1) is 0 Å². The number of nitrogens with one attached hydrogen (secondary N) is 1. The number of benzene rings is 3. The number of methoxy groups -OCH3 is 2. The molecule has 0 unspecified atom stereocenters. The number of hydrogen-bond donors (Lipinski definition) is 1. The molecule has 0 aromatic heterocycles. The van der Waals surface area contributed by atoms with Crippen LogP contribution in [0.25, 0.3) is 6.08 Å². The zero-order chi connectivity index (χ0) is 25.5. The van der Waals surface area contributed by atoms with E-state index in [0.29, 0.717) is 38.7 Å². The van der Waals surface area contributed by atoms with E-state index < -0.39 is 0 Å². The molecule has 9 heteroatoms. The van der Waals surface area contributed by atoms with Gasteiger partial charge in [-0.3, -0.25) is 14.5 Å². The Labute approximate surface area is 219 Å². The molecule has 0 bridgehead atoms. The van der Waals surface area contributed by atoms with Crippen molar-refractivity contribution in [2.24, 2.45) is 0 Å². The van der Waals surface area contributed by atoms with E-state index in [1.54, 1.807) is 60.6 Å². The normalized spacial score (nSPS) is 14.2. The van der Waals surface area contributed by atoms with Gasteiger partial charge in [-0.25, -0.2) is 0 Å². The van der Waals surface area contributed by atoms with E-state index in [9.17, 15) is 9.59 Å². The molecule has 1 fully saturated rings. The Kier molecular flexibility index (Phi) is 8.24. The fourth-order valence-corrected chi connectivity index (χ4v) is 4.74. The van der Waals surface area contributed by atoms with Crippen molar-refractivity contribution in [2.45, 2.75) is 6.54 Å². The van der Waals surface area contributed by atoms with E-state index in [1.807, 2.05) is 30.3 Å². The maximum atomic E-state index is 13.0.